The molecule has 3 nitrogen and oxygen atoms in total. The highest BCUT2D eigenvalue weighted by molar-refractivity contribution is 5.71. The van der Waals surface area contributed by atoms with E-state index in [1.165, 1.54) is 0 Å². The molecule has 0 saturated heterocycles. The molecule has 2 saturated carbocycles. The molecule has 0 aromatic rings. The third-order valence-corrected chi connectivity index (χ3v) is 3.10. The maximum Gasteiger partial charge on any atom is 0.306 e. The molecule has 62 valence electrons. The minimum atomic E-state index is -0.629. The molecule has 2 fully saturated rings. The third-order valence-electron chi connectivity index (χ3n) is 3.10. The van der Waals surface area contributed by atoms with Crippen molar-refractivity contribution >= 4 is 5.97 Å². The lowest BCUT2D eigenvalue weighted by molar-refractivity contribution is -0.155. The highest BCUT2D eigenvalue weighted by Gasteiger charge is 2.53. The van der Waals surface area contributed by atoms with Crippen molar-refractivity contribution in [1.29, 1.82) is 0 Å². The maximum atomic E-state index is 10.5. The second kappa shape index (κ2) is 1.97. The zero-order valence-electron chi connectivity index (χ0n) is 6.42. The lowest BCUT2D eigenvalue weighted by Crippen LogP contribution is -2.54. The molecule has 2 rings (SSSR count). The molecule has 0 unspecified atom stereocenters. The topological polar surface area (TPSA) is 63.3 Å². The van der Waals surface area contributed by atoms with E-state index in [2.05, 4.69) is 0 Å². The molecule has 3 heteroatoms. The normalized spacial score (nSPS) is 48.1. The molecule has 11 heavy (non-hydrogen) atoms. The van der Waals surface area contributed by atoms with E-state index in [9.17, 15) is 4.79 Å². The van der Waals surface area contributed by atoms with Gasteiger partial charge in [0, 0.05) is 6.04 Å². The van der Waals surface area contributed by atoms with E-state index >= 15 is 0 Å². The van der Waals surface area contributed by atoms with Crippen LogP contribution in [0.15, 0.2) is 0 Å². The Bertz CT molecular complexity index is 188. The summed E-state index contributed by atoms with van der Waals surface area (Å²) in [5, 5.41) is 8.62. The molecule has 3 N–H and O–H groups in total. The van der Waals surface area contributed by atoms with Gasteiger partial charge in [-0.3, -0.25) is 4.79 Å². The molecule has 0 radical (unpaired) electrons. The average Bonchev–Trinajstić information content (AvgIpc) is 1.73. The van der Waals surface area contributed by atoms with Gasteiger partial charge < -0.3 is 10.8 Å². The van der Waals surface area contributed by atoms with Crippen molar-refractivity contribution in [1.82, 2.24) is 0 Å². The molecule has 1 spiro atoms. The third kappa shape index (κ3) is 0.948. The fraction of sp³-hybridized carbons (Fsp3) is 0.875. The zero-order valence-corrected chi connectivity index (χ0v) is 6.42. The molecule has 0 aliphatic heterocycles. The van der Waals surface area contributed by atoms with Crippen LogP contribution in [0.4, 0.5) is 0 Å². The minimum absolute atomic E-state index is 0.0671. The van der Waals surface area contributed by atoms with Crippen LogP contribution in [0, 0.1) is 11.3 Å². The summed E-state index contributed by atoms with van der Waals surface area (Å²) in [5.41, 5.74) is 6.00. The summed E-state index contributed by atoms with van der Waals surface area (Å²) < 4.78 is 0. The summed E-state index contributed by atoms with van der Waals surface area (Å²) in [6, 6.07) is 0.352. The van der Waals surface area contributed by atoms with Crippen molar-refractivity contribution in [2.45, 2.75) is 31.7 Å². The highest BCUT2D eigenvalue weighted by atomic mass is 16.4. The second-order valence-corrected chi connectivity index (χ2v) is 4.11. The Morgan fingerprint density at radius 2 is 1.91 bits per heavy atom. The number of carboxylic acid groups (broad SMARTS) is 1. The summed E-state index contributed by atoms with van der Waals surface area (Å²) in [4.78, 5) is 10.5. The van der Waals surface area contributed by atoms with Crippen molar-refractivity contribution in [2.75, 3.05) is 0 Å². The monoisotopic (exact) mass is 155 g/mol. The Hall–Kier alpha value is -0.570. The number of hydrogen-bond acceptors (Lipinski definition) is 2. The van der Waals surface area contributed by atoms with Crippen LogP contribution in [0.2, 0.25) is 0 Å². The molecule has 0 aromatic heterocycles. The largest absolute Gasteiger partial charge is 0.481 e. The van der Waals surface area contributed by atoms with Gasteiger partial charge in [-0.05, 0) is 31.1 Å². The molecule has 0 aromatic carbocycles. The summed E-state index contributed by atoms with van der Waals surface area (Å²) in [6.07, 6.45) is 3.85. The smallest absolute Gasteiger partial charge is 0.306 e. The lowest BCUT2D eigenvalue weighted by atomic mass is 9.50. The van der Waals surface area contributed by atoms with E-state index in [4.69, 9.17) is 10.8 Å². The Labute approximate surface area is 65.6 Å². The maximum absolute atomic E-state index is 10.5. The highest BCUT2D eigenvalue weighted by Crippen LogP contribution is 2.58. The van der Waals surface area contributed by atoms with E-state index in [0.717, 1.165) is 25.7 Å². The number of rotatable bonds is 1. The Kier molecular flexibility index (Phi) is 1.27. The summed E-state index contributed by atoms with van der Waals surface area (Å²) >= 11 is 0. The average molecular weight is 155 g/mol. The van der Waals surface area contributed by atoms with Gasteiger partial charge in [-0.15, -0.1) is 0 Å². The molecular weight excluding hydrogens is 142 g/mol. The van der Waals surface area contributed by atoms with Crippen molar-refractivity contribution < 1.29 is 9.90 Å². The summed E-state index contributed by atoms with van der Waals surface area (Å²) in [7, 11) is 0. The van der Waals surface area contributed by atoms with E-state index in [-0.39, 0.29) is 5.92 Å². The van der Waals surface area contributed by atoms with Crippen LogP contribution in [0.1, 0.15) is 25.7 Å². The summed E-state index contributed by atoms with van der Waals surface area (Å²) in [6.45, 7) is 0. The van der Waals surface area contributed by atoms with Crippen LogP contribution >= 0.6 is 0 Å². The van der Waals surface area contributed by atoms with Crippen LogP contribution in [0.25, 0.3) is 0 Å². The van der Waals surface area contributed by atoms with Crippen molar-refractivity contribution in [3.63, 3.8) is 0 Å². The first-order valence-electron chi connectivity index (χ1n) is 4.10. The second-order valence-electron chi connectivity index (χ2n) is 4.11. The predicted molar refractivity (Wildman–Crippen MR) is 40.0 cm³/mol. The first-order valence-corrected chi connectivity index (χ1v) is 4.10. The van der Waals surface area contributed by atoms with Crippen LogP contribution in [-0.2, 0) is 4.79 Å². The SMILES string of the molecule is N[C@H]1CC2(C1)C[C@@H](C(=O)O)C2. The van der Waals surface area contributed by atoms with Crippen LogP contribution in [-0.4, -0.2) is 17.1 Å². The van der Waals surface area contributed by atoms with E-state index in [1.54, 1.807) is 0 Å². The Balaban J connectivity index is 1.84. The lowest BCUT2D eigenvalue weighted by Gasteiger charge is -2.55. The number of aliphatic carboxylic acids is 1. The molecule has 2 aliphatic carbocycles. The number of nitrogens with two attached hydrogens (primary N) is 1. The van der Waals surface area contributed by atoms with Crippen molar-refractivity contribution in [3.8, 4) is 0 Å². The van der Waals surface area contributed by atoms with Gasteiger partial charge in [-0.2, -0.15) is 0 Å². The molecule has 0 atom stereocenters. The van der Waals surface area contributed by atoms with Gasteiger partial charge in [-0.25, -0.2) is 0 Å². The van der Waals surface area contributed by atoms with Crippen molar-refractivity contribution in [2.24, 2.45) is 17.1 Å². The molecule has 0 amide bonds. The Morgan fingerprint density at radius 1 is 1.36 bits per heavy atom. The van der Waals surface area contributed by atoms with E-state index in [0.29, 0.717) is 11.5 Å². The van der Waals surface area contributed by atoms with Gasteiger partial charge in [0.2, 0.25) is 0 Å². The van der Waals surface area contributed by atoms with E-state index < -0.39 is 5.97 Å². The van der Waals surface area contributed by atoms with Gasteiger partial charge in [-0.1, -0.05) is 0 Å². The Morgan fingerprint density at radius 3 is 2.27 bits per heavy atom. The quantitative estimate of drug-likeness (QED) is 0.582. The van der Waals surface area contributed by atoms with Gasteiger partial charge >= 0.3 is 5.97 Å². The van der Waals surface area contributed by atoms with Gasteiger partial charge in [0.1, 0.15) is 0 Å². The molecule has 0 bridgehead atoms. The fourth-order valence-electron chi connectivity index (χ4n) is 2.55. The first kappa shape index (κ1) is 7.10. The molecular formula is C8H13NO2. The summed E-state index contributed by atoms with van der Waals surface area (Å²) in [5.74, 6) is -0.696. The van der Waals surface area contributed by atoms with Crippen LogP contribution in [0.3, 0.4) is 0 Å². The first-order chi connectivity index (χ1) is 5.11. The van der Waals surface area contributed by atoms with Gasteiger partial charge in [0.15, 0.2) is 0 Å². The van der Waals surface area contributed by atoms with E-state index in [1.807, 2.05) is 0 Å². The zero-order chi connectivity index (χ0) is 8.06. The molecule has 0 heterocycles. The van der Waals surface area contributed by atoms with Gasteiger partial charge in [0.25, 0.3) is 0 Å². The van der Waals surface area contributed by atoms with Crippen LogP contribution < -0.4 is 5.73 Å². The number of carbonyl (C=O) groups is 1. The fourth-order valence-corrected chi connectivity index (χ4v) is 2.55. The number of hydrogen-bond donors (Lipinski definition) is 2. The standard InChI is InChI=1S/C8H13NO2/c9-6-3-8(4-6)1-5(2-8)7(10)11/h5-6H,1-4,9H2,(H,10,11)/t5-,6-,8?. The predicted octanol–water partition coefficient (Wildman–Crippen LogP) is 0.588. The molecule has 2 aliphatic rings. The van der Waals surface area contributed by atoms with Gasteiger partial charge in [0.05, 0.1) is 5.92 Å². The number of carboxylic acids is 1. The minimum Gasteiger partial charge on any atom is -0.481 e. The van der Waals surface area contributed by atoms with Crippen molar-refractivity contribution in [3.05, 3.63) is 0 Å². The van der Waals surface area contributed by atoms with Crippen LogP contribution in [0.5, 0.6) is 0 Å².